The van der Waals surface area contributed by atoms with Crippen molar-refractivity contribution in [2.24, 2.45) is 5.73 Å². The molecule has 1 heterocycles. The molecule has 0 aliphatic carbocycles. The van der Waals surface area contributed by atoms with Crippen LogP contribution in [0.5, 0.6) is 0 Å². The first-order valence-electron chi connectivity index (χ1n) is 6.60. The highest BCUT2D eigenvalue weighted by Crippen LogP contribution is 2.23. The standard InChI is InChI=1S/C17H14N2OS/c18-17(20)14-7-5-12(6-8-14)11-21-16-10-9-13-3-1-2-4-15(13)19-16/h1-10H,11H2,(H2,18,20). The lowest BCUT2D eigenvalue weighted by Gasteiger charge is -2.04. The third kappa shape index (κ3) is 3.23. The van der Waals surface area contributed by atoms with E-state index >= 15 is 0 Å². The van der Waals surface area contributed by atoms with Crippen molar-refractivity contribution in [2.45, 2.75) is 10.8 Å². The smallest absolute Gasteiger partial charge is 0.248 e. The second-order valence-corrected chi connectivity index (χ2v) is 5.69. The van der Waals surface area contributed by atoms with Crippen molar-refractivity contribution in [3.05, 3.63) is 71.8 Å². The van der Waals surface area contributed by atoms with E-state index in [1.165, 1.54) is 0 Å². The molecule has 0 fully saturated rings. The topological polar surface area (TPSA) is 56.0 Å². The average Bonchev–Trinajstić information content (AvgIpc) is 2.53. The van der Waals surface area contributed by atoms with Crippen molar-refractivity contribution in [3.63, 3.8) is 0 Å². The van der Waals surface area contributed by atoms with E-state index in [2.05, 4.69) is 17.1 Å². The third-order valence-electron chi connectivity index (χ3n) is 3.20. The van der Waals surface area contributed by atoms with Gasteiger partial charge in [-0.05, 0) is 29.8 Å². The number of thioether (sulfide) groups is 1. The van der Waals surface area contributed by atoms with E-state index in [1.807, 2.05) is 36.4 Å². The zero-order chi connectivity index (χ0) is 14.7. The molecule has 21 heavy (non-hydrogen) atoms. The molecule has 0 radical (unpaired) electrons. The molecule has 0 saturated heterocycles. The lowest BCUT2D eigenvalue weighted by atomic mass is 10.1. The summed E-state index contributed by atoms with van der Waals surface area (Å²) in [4.78, 5) is 15.6. The number of carbonyl (C=O) groups is 1. The molecule has 0 aliphatic rings. The van der Waals surface area contributed by atoms with E-state index in [0.717, 1.165) is 27.2 Å². The second kappa shape index (κ2) is 5.97. The Labute approximate surface area is 127 Å². The summed E-state index contributed by atoms with van der Waals surface area (Å²) in [5.41, 5.74) is 7.91. The Bertz CT molecular complexity index is 784. The van der Waals surface area contributed by atoms with E-state index in [1.54, 1.807) is 23.9 Å². The number of hydrogen-bond donors (Lipinski definition) is 1. The predicted octanol–water partition coefficient (Wildman–Crippen LogP) is 3.63. The number of para-hydroxylation sites is 1. The van der Waals surface area contributed by atoms with Gasteiger partial charge in [0.05, 0.1) is 10.5 Å². The predicted molar refractivity (Wildman–Crippen MR) is 86.3 cm³/mol. The van der Waals surface area contributed by atoms with Gasteiger partial charge in [-0.25, -0.2) is 4.98 Å². The minimum atomic E-state index is -0.398. The fraction of sp³-hybridized carbons (Fsp3) is 0.0588. The number of primary amides is 1. The first-order valence-corrected chi connectivity index (χ1v) is 7.58. The number of rotatable bonds is 4. The maximum atomic E-state index is 11.0. The molecule has 0 bridgehead atoms. The molecular weight excluding hydrogens is 280 g/mol. The highest BCUT2D eigenvalue weighted by molar-refractivity contribution is 7.98. The highest BCUT2D eigenvalue weighted by atomic mass is 32.2. The van der Waals surface area contributed by atoms with Gasteiger partial charge in [-0.2, -0.15) is 0 Å². The summed E-state index contributed by atoms with van der Waals surface area (Å²) in [5.74, 6) is 0.412. The number of nitrogens with two attached hydrogens (primary N) is 1. The van der Waals surface area contributed by atoms with E-state index < -0.39 is 5.91 Å². The van der Waals surface area contributed by atoms with E-state index in [4.69, 9.17) is 5.73 Å². The molecule has 2 N–H and O–H groups in total. The van der Waals surface area contributed by atoms with Gasteiger partial charge in [-0.15, -0.1) is 11.8 Å². The Kier molecular flexibility index (Phi) is 3.88. The van der Waals surface area contributed by atoms with Gasteiger partial charge in [0.15, 0.2) is 0 Å². The Morgan fingerprint density at radius 2 is 1.76 bits per heavy atom. The van der Waals surface area contributed by atoms with Crippen LogP contribution in [0.1, 0.15) is 15.9 Å². The van der Waals surface area contributed by atoms with Crippen molar-refractivity contribution in [3.8, 4) is 0 Å². The first-order chi connectivity index (χ1) is 10.2. The molecule has 3 rings (SSSR count). The lowest BCUT2D eigenvalue weighted by Crippen LogP contribution is -2.10. The monoisotopic (exact) mass is 294 g/mol. The number of fused-ring (bicyclic) bond motifs is 1. The van der Waals surface area contributed by atoms with E-state index in [9.17, 15) is 4.79 Å². The molecule has 0 spiro atoms. The van der Waals surface area contributed by atoms with Crippen LogP contribution in [0.25, 0.3) is 10.9 Å². The van der Waals surface area contributed by atoms with E-state index in [-0.39, 0.29) is 0 Å². The van der Waals surface area contributed by atoms with Crippen molar-refractivity contribution >= 4 is 28.6 Å². The van der Waals surface area contributed by atoms with Gasteiger partial charge >= 0.3 is 0 Å². The Morgan fingerprint density at radius 1 is 1.00 bits per heavy atom. The van der Waals surface area contributed by atoms with Crippen LogP contribution >= 0.6 is 11.8 Å². The van der Waals surface area contributed by atoms with Gasteiger partial charge in [0.25, 0.3) is 0 Å². The van der Waals surface area contributed by atoms with Crippen molar-refractivity contribution < 1.29 is 4.79 Å². The zero-order valence-corrected chi connectivity index (χ0v) is 12.1. The molecule has 2 aromatic carbocycles. The van der Waals surface area contributed by atoms with Gasteiger partial charge in [-0.3, -0.25) is 4.79 Å². The van der Waals surface area contributed by atoms with Crippen LogP contribution in [0.2, 0.25) is 0 Å². The Morgan fingerprint density at radius 3 is 2.52 bits per heavy atom. The molecule has 0 aliphatic heterocycles. The Balaban J connectivity index is 1.72. The summed E-state index contributed by atoms with van der Waals surface area (Å²) in [6.07, 6.45) is 0. The number of nitrogens with zero attached hydrogens (tertiary/aromatic N) is 1. The van der Waals surface area contributed by atoms with E-state index in [0.29, 0.717) is 5.56 Å². The number of benzene rings is 2. The zero-order valence-electron chi connectivity index (χ0n) is 11.3. The van der Waals surface area contributed by atoms with Gasteiger partial charge < -0.3 is 5.73 Å². The molecule has 1 amide bonds. The average molecular weight is 294 g/mol. The van der Waals surface area contributed by atoms with Crippen molar-refractivity contribution in [1.29, 1.82) is 0 Å². The molecular formula is C17H14N2OS. The molecule has 3 aromatic rings. The summed E-state index contributed by atoms with van der Waals surface area (Å²) in [6, 6.07) is 19.6. The molecule has 1 aromatic heterocycles. The van der Waals surface area contributed by atoms with Gasteiger partial charge in [0.2, 0.25) is 5.91 Å². The maximum absolute atomic E-state index is 11.0. The number of hydrogen-bond acceptors (Lipinski definition) is 3. The number of carbonyl (C=O) groups excluding carboxylic acids is 1. The number of pyridine rings is 1. The molecule has 104 valence electrons. The van der Waals surface area contributed by atoms with Gasteiger partial charge in [0, 0.05) is 16.7 Å². The lowest BCUT2D eigenvalue weighted by molar-refractivity contribution is 0.100. The maximum Gasteiger partial charge on any atom is 0.248 e. The van der Waals surface area contributed by atoms with Gasteiger partial charge in [-0.1, -0.05) is 36.4 Å². The van der Waals surface area contributed by atoms with Crippen LogP contribution in [0.3, 0.4) is 0 Å². The fourth-order valence-electron chi connectivity index (χ4n) is 2.05. The second-order valence-electron chi connectivity index (χ2n) is 4.69. The number of aromatic nitrogens is 1. The fourth-order valence-corrected chi connectivity index (χ4v) is 2.88. The SMILES string of the molecule is NC(=O)c1ccc(CSc2ccc3ccccc3n2)cc1. The normalized spacial score (nSPS) is 10.7. The largest absolute Gasteiger partial charge is 0.366 e. The van der Waals surface area contributed by atoms with Crippen LogP contribution in [-0.2, 0) is 5.75 Å². The van der Waals surface area contributed by atoms with Crippen LogP contribution in [0.4, 0.5) is 0 Å². The van der Waals surface area contributed by atoms with Gasteiger partial charge in [0.1, 0.15) is 0 Å². The van der Waals surface area contributed by atoms with Crippen LogP contribution in [0.15, 0.2) is 65.7 Å². The molecule has 4 heteroatoms. The first kappa shape index (κ1) is 13.6. The summed E-state index contributed by atoms with van der Waals surface area (Å²) in [7, 11) is 0. The minimum Gasteiger partial charge on any atom is -0.366 e. The molecule has 0 unspecified atom stereocenters. The highest BCUT2D eigenvalue weighted by Gasteiger charge is 2.02. The van der Waals surface area contributed by atoms with Crippen LogP contribution < -0.4 is 5.73 Å². The quantitative estimate of drug-likeness (QED) is 0.748. The third-order valence-corrected chi connectivity index (χ3v) is 4.20. The Hall–Kier alpha value is -2.33. The van der Waals surface area contributed by atoms with Crippen LogP contribution in [0, 0.1) is 0 Å². The summed E-state index contributed by atoms with van der Waals surface area (Å²) in [5, 5.41) is 2.14. The molecule has 0 saturated carbocycles. The minimum absolute atomic E-state index is 0.398. The number of amides is 1. The summed E-state index contributed by atoms with van der Waals surface area (Å²) >= 11 is 1.68. The molecule has 3 nitrogen and oxygen atoms in total. The van der Waals surface area contributed by atoms with Crippen molar-refractivity contribution in [2.75, 3.05) is 0 Å². The molecule has 0 atom stereocenters. The van der Waals surface area contributed by atoms with Crippen LogP contribution in [-0.4, -0.2) is 10.9 Å². The van der Waals surface area contributed by atoms with Crippen molar-refractivity contribution in [1.82, 2.24) is 4.98 Å². The summed E-state index contributed by atoms with van der Waals surface area (Å²) in [6.45, 7) is 0. The summed E-state index contributed by atoms with van der Waals surface area (Å²) < 4.78 is 0.